The van der Waals surface area contributed by atoms with Crippen molar-refractivity contribution in [1.82, 2.24) is 19.9 Å². The second-order valence-corrected chi connectivity index (χ2v) is 7.84. The van der Waals surface area contributed by atoms with Gasteiger partial charge in [-0.25, -0.2) is 13.9 Å². The fourth-order valence-corrected chi connectivity index (χ4v) is 4.19. The van der Waals surface area contributed by atoms with E-state index in [4.69, 9.17) is 4.74 Å². The third-order valence-electron chi connectivity index (χ3n) is 5.99. The van der Waals surface area contributed by atoms with E-state index in [0.717, 1.165) is 52.0 Å². The topological polar surface area (TPSA) is 72.3 Å². The molecule has 3 heterocycles. The fraction of sp³-hybridized carbons (Fsp3) is 0.550. The number of amides is 2. The van der Waals surface area contributed by atoms with E-state index >= 15 is 0 Å². The van der Waals surface area contributed by atoms with Crippen LogP contribution < -0.4 is 5.32 Å². The van der Waals surface area contributed by atoms with Crippen LogP contribution in [0.1, 0.15) is 36.9 Å². The minimum absolute atomic E-state index is 0.147. The summed E-state index contributed by atoms with van der Waals surface area (Å²) in [6.45, 7) is 5.15. The molecule has 0 saturated carbocycles. The molecule has 8 heteroatoms. The zero-order valence-electron chi connectivity index (χ0n) is 16.2. The molecular weight excluding hydrogens is 361 g/mol. The van der Waals surface area contributed by atoms with Gasteiger partial charge in [0.1, 0.15) is 5.82 Å². The first-order valence-electron chi connectivity index (χ1n) is 9.84. The van der Waals surface area contributed by atoms with Crippen LogP contribution in [0.15, 0.2) is 24.3 Å². The van der Waals surface area contributed by atoms with E-state index in [1.54, 1.807) is 22.9 Å². The number of benzene rings is 1. The number of piperidine rings is 1. The molecule has 0 unspecified atom stereocenters. The maximum Gasteiger partial charge on any atom is 0.323 e. The number of carbonyl (C=O) groups is 1. The van der Waals surface area contributed by atoms with Gasteiger partial charge < -0.3 is 9.64 Å². The van der Waals surface area contributed by atoms with Crippen LogP contribution in [0.4, 0.5) is 15.0 Å². The summed E-state index contributed by atoms with van der Waals surface area (Å²) in [5.74, 6) is 0.144. The number of rotatable bonds is 3. The smallest absolute Gasteiger partial charge is 0.323 e. The maximum atomic E-state index is 13.9. The Morgan fingerprint density at radius 2 is 2.07 bits per heavy atom. The van der Waals surface area contributed by atoms with Gasteiger partial charge in [-0.15, -0.1) is 5.10 Å². The van der Waals surface area contributed by atoms with E-state index in [1.807, 2.05) is 11.8 Å². The number of nitrogens with zero attached hydrogens (tertiary/aromatic N) is 4. The molecule has 0 atom stereocenters. The third kappa shape index (κ3) is 3.87. The molecule has 2 fully saturated rings. The number of hydrogen-bond donors (Lipinski definition) is 1. The number of halogens is 1. The highest BCUT2D eigenvalue weighted by atomic mass is 19.1. The van der Waals surface area contributed by atoms with Gasteiger partial charge in [0.15, 0.2) is 5.82 Å². The summed E-state index contributed by atoms with van der Waals surface area (Å²) in [5, 5.41) is 11.1. The standard InChI is InChI=1S/C20H26FN5O2/c1-15-18(23-24-26(15)13-16-5-2-3-6-17(16)21)22-19(27)25-10-4-7-20(14-25)8-11-28-12-9-20/h2-3,5-6H,4,7-14H2,1H3,(H,22,27). The Labute approximate surface area is 163 Å². The lowest BCUT2D eigenvalue weighted by Gasteiger charge is -2.44. The maximum absolute atomic E-state index is 13.9. The second-order valence-electron chi connectivity index (χ2n) is 7.84. The minimum atomic E-state index is -0.280. The second kappa shape index (κ2) is 7.87. The summed E-state index contributed by atoms with van der Waals surface area (Å²) < 4.78 is 21.0. The van der Waals surface area contributed by atoms with E-state index in [2.05, 4.69) is 15.6 Å². The predicted molar refractivity (Wildman–Crippen MR) is 103 cm³/mol. The highest BCUT2D eigenvalue weighted by Gasteiger charge is 2.38. The van der Waals surface area contributed by atoms with Gasteiger partial charge in [-0.2, -0.15) is 0 Å². The number of anilines is 1. The quantitative estimate of drug-likeness (QED) is 0.878. The lowest BCUT2D eigenvalue weighted by Crippen LogP contribution is -2.49. The van der Waals surface area contributed by atoms with Crippen LogP contribution in [-0.4, -0.2) is 52.2 Å². The fourth-order valence-electron chi connectivity index (χ4n) is 4.19. The number of urea groups is 1. The van der Waals surface area contributed by atoms with Crippen LogP contribution in [0.3, 0.4) is 0 Å². The zero-order chi connectivity index (χ0) is 19.6. The van der Waals surface area contributed by atoms with Crippen LogP contribution in [-0.2, 0) is 11.3 Å². The molecule has 1 N–H and O–H groups in total. The average molecular weight is 387 g/mol. The molecule has 1 aromatic carbocycles. The van der Waals surface area contributed by atoms with Crippen LogP contribution in [0.5, 0.6) is 0 Å². The molecule has 7 nitrogen and oxygen atoms in total. The van der Waals surface area contributed by atoms with Crippen molar-refractivity contribution in [1.29, 1.82) is 0 Å². The van der Waals surface area contributed by atoms with Crippen molar-refractivity contribution in [3.05, 3.63) is 41.3 Å². The van der Waals surface area contributed by atoms with E-state index in [0.29, 0.717) is 17.1 Å². The number of carbonyl (C=O) groups excluding carboxylic acids is 1. The van der Waals surface area contributed by atoms with Gasteiger partial charge in [0.05, 0.1) is 12.2 Å². The molecule has 0 radical (unpaired) electrons. The molecule has 150 valence electrons. The Bertz CT molecular complexity index is 841. The van der Waals surface area contributed by atoms with Crippen molar-refractivity contribution in [3.63, 3.8) is 0 Å². The molecule has 2 aromatic rings. The normalized spacial score (nSPS) is 19.0. The van der Waals surface area contributed by atoms with Crippen LogP contribution in [0, 0.1) is 18.2 Å². The molecule has 2 aliphatic heterocycles. The summed E-state index contributed by atoms with van der Waals surface area (Å²) in [6, 6.07) is 6.44. The molecule has 2 saturated heterocycles. The molecule has 28 heavy (non-hydrogen) atoms. The Hall–Kier alpha value is -2.48. The summed E-state index contributed by atoms with van der Waals surface area (Å²) in [6.07, 6.45) is 4.17. The van der Waals surface area contributed by atoms with Crippen molar-refractivity contribution in [2.24, 2.45) is 5.41 Å². The van der Waals surface area contributed by atoms with Gasteiger partial charge >= 0.3 is 6.03 Å². The van der Waals surface area contributed by atoms with Gasteiger partial charge in [-0.1, -0.05) is 23.4 Å². The van der Waals surface area contributed by atoms with Crippen LogP contribution in [0.25, 0.3) is 0 Å². The number of aromatic nitrogens is 3. The molecular formula is C20H26FN5O2. The Balaban J connectivity index is 1.42. The van der Waals surface area contributed by atoms with E-state index in [1.165, 1.54) is 6.07 Å². The number of hydrogen-bond acceptors (Lipinski definition) is 4. The Kier molecular flexibility index (Phi) is 5.30. The molecule has 1 aromatic heterocycles. The minimum Gasteiger partial charge on any atom is -0.381 e. The van der Waals surface area contributed by atoms with E-state index in [-0.39, 0.29) is 23.8 Å². The summed E-state index contributed by atoms with van der Waals surface area (Å²) in [4.78, 5) is 14.7. The van der Waals surface area contributed by atoms with Crippen molar-refractivity contribution < 1.29 is 13.9 Å². The van der Waals surface area contributed by atoms with Gasteiger partial charge in [0.2, 0.25) is 0 Å². The van der Waals surface area contributed by atoms with Gasteiger partial charge in [0.25, 0.3) is 0 Å². The summed E-state index contributed by atoms with van der Waals surface area (Å²) in [7, 11) is 0. The lowest BCUT2D eigenvalue weighted by atomic mass is 9.74. The first-order chi connectivity index (χ1) is 13.6. The monoisotopic (exact) mass is 387 g/mol. The summed E-state index contributed by atoms with van der Waals surface area (Å²) in [5.41, 5.74) is 1.42. The van der Waals surface area contributed by atoms with Crippen molar-refractivity contribution >= 4 is 11.8 Å². The first-order valence-corrected chi connectivity index (χ1v) is 9.84. The number of ether oxygens (including phenoxy) is 1. The molecule has 2 amide bonds. The largest absolute Gasteiger partial charge is 0.381 e. The predicted octanol–water partition coefficient (Wildman–Crippen LogP) is 3.20. The highest BCUT2D eigenvalue weighted by molar-refractivity contribution is 5.88. The van der Waals surface area contributed by atoms with Crippen molar-refractivity contribution in [3.8, 4) is 0 Å². The molecule has 4 rings (SSSR count). The first kappa shape index (κ1) is 18.9. The SMILES string of the molecule is Cc1c(NC(=O)N2CCCC3(CCOCC3)C2)nnn1Cc1ccccc1F. The van der Waals surface area contributed by atoms with Crippen LogP contribution in [0.2, 0.25) is 0 Å². The molecule has 0 aliphatic carbocycles. The van der Waals surface area contributed by atoms with Crippen molar-refractivity contribution in [2.45, 2.75) is 39.2 Å². The summed E-state index contributed by atoms with van der Waals surface area (Å²) >= 11 is 0. The third-order valence-corrected chi connectivity index (χ3v) is 5.99. The number of likely N-dealkylation sites (tertiary alicyclic amines) is 1. The Morgan fingerprint density at radius 1 is 1.29 bits per heavy atom. The molecule has 1 spiro atoms. The van der Waals surface area contributed by atoms with Gasteiger partial charge in [-0.3, -0.25) is 5.32 Å². The average Bonchev–Trinajstić information content (AvgIpc) is 3.04. The Morgan fingerprint density at radius 3 is 2.86 bits per heavy atom. The molecule has 0 bridgehead atoms. The van der Waals surface area contributed by atoms with E-state index < -0.39 is 0 Å². The van der Waals surface area contributed by atoms with Crippen molar-refractivity contribution in [2.75, 3.05) is 31.6 Å². The van der Waals surface area contributed by atoms with Gasteiger partial charge in [0, 0.05) is 31.9 Å². The van der Waals surface area contributed by atoms with Gasteiger partial charge in [-0.05, 0) is 44.1 Å². The zero-order valence-corrected chi connectivity index (χ0v) is 16.2. The number of nitrogens with one attached hydrogen (secondary N) is 1. The highest BCUT2D eigenvalue weighted by Crippen LogP contribution is 2.39. The van der Waals surface area contributed by atoms with Crippen LogP contribution >= 0.6 is 0 Å². The molecule has 2 aliphatic rings. The lowest BCUT2D eigenvalue weighted by molar-refractivity contribution is -0.0175. The van der Waals surface area contributed by atoms with E-state index in [9.17, 15) is 9.18 Å².